The molecule has 1 nitrogen and oxygen atoms in total. The fraction of sp³-hybridized carbons (Fsp3) is 0. The highest BCUT2D eigenvalue weighted by Crippen LogP contribution is 2.45. The van der Waals surface area contributed by atoms with Crippen molar-refractivity contribution in [3.8, 4) is 44.5 Å². The third kappa shape index (κ3) is 4.64. The van der Waals surface area contributed by atoms with E-state index in [1.165, 1.54) is 0 Å². The van der Waals surface area contributed by atoms with Gasteiger partial charge in [-0.05, 0) is 112 Å². The van der Waals surface area contributed by atoms with Crippen LogP contribution in [0.5, 0.6) is 0 Å². The van der Waals surface area contributed by atoms with Gasteiger partial charge < -0.3 is 4.42 Å². The Labute approximate surface area is 321 Å². The van der Waals surface area contributed by atoms with Crippen molar-refractivity contribution < 1.29 is 18.1 Å². The summed E-state index contributed by atoms with van der Waals surface area (Å²) in [7, 11) is 0. The van der Waals surface area contributed by atoms with Gasteiger partial charge in [0.1, 0.15) is 11.2 Å². The molecule has 0 aliphatic rings. The summed E-state index contributed by atoms with van der Waals surface area (Å²) in [5.41, 5.74) is 6.55. The molecule has 246 valence electrons. The zero-order chi connectivity index (χ0) is 43.6. The average Bonchev–Trinajstić information content (AvgIpc) is 3.69. The van der Waals surface area contributed by atoms with Gasteiger partial charge in [0.15, 0.2) is 0 Å². The summed E-state index contributed by atoms with van der Waals surface area (Å²) in [4.78, 5) is 0. The lowest BCUT2D eigenvalue weighted by molar-refractivity contribution is 0.669. The van der Waals surface area contributed by atoms with E-state index in [2.05, 4.69) is 54.6 Å². The minimum absolute atomic E-state index is 0.124. The van der Waals surface area contributed by atoms with Gasteiger partial charge in [0, 0.05) is 10.8 Å². The third-order valence-corrected chi connectivity index (χ3v) is 10.4. The van der Waals surface area contributed by atoms with Crippen molar-refractivity contribution in [1.82, 2.24) is 0 Å². The zero-order valence-corrected chi connectivity index (χ0v) is 28.1. The largest absolute Gasteiger partial charge is 0.456 e. The molecule has 0 aliphatic carbocycles. The molecule has 0 saturated carbocycles. The summed E-state index contributed by atoms with van der Waals surface area (Å²) < 4.78 is 90.8. The second-order valence-electron chi connectivity index (χ2n) is 13.2. The van der Waals surface area contributed by atoms with Crippen LogP contribution in [0, 0.1) is 0 Å². The Kier molecular flexibility index (Phi) is 4.77. The van der Waals surface area contributed by atoms with Gasteiger partial charge in [-0.1, -0.05) is 170 Å². The first-order valence-electron chi connectivity index (χ1n) is 22.4. The second kappa shape index (κ2) is 11.8. The fourth-order valence-electron chi connectivity index (χ4n) is 8.17. The van der Waals surface area contributed by atoms with E-state index in [-0.39, 0.29) is 59.5 Å². The van der Waals surface area contributed by atoms with Crippen molar-refractivity contribution in [3.63, 3.8) is 0 Å². The van der Waals surface area contributed by atoms with Crippen LogP contribution in [0.2, 0.25) is 0 Å². The minimum Gasteiger partial charge on any atom is -0.456 e. The van der Waals surface area contributed by atoms with Crippen molar-refractivity contribution in [2.45, 2.75) is 0 Å². The molecule has 0 fully saturated rings. The maximum Gasteiger partial charge on any atom is 0.136 e. The normalized spacial score (nSPS) is 14.4. The van der Waals surface area contributed by atoms with Crippen LogP contribution in [0.3, 0.4) is 0 Å². The summed E-state index contributed by atoms with van der Waals surface area (Å²) in [6.45, 7) is 0. The molecule has 1 aromatic heterocycles. The molecule has 10 aromatic carbocycles. The van der Waals surface area contributed by atoms with Gasteiger partial charge in [-0.3, -0.25) is 0 Å². The second-order valence-corrected chi connectivity index (χ2v) is 13.2. The van der Waals surface area contributed by atoms with Crippen LogP contribution in [0.25, 0.3) is 110 Å². The van der Waals surface area contributed by atoms with Gasteiger partial charge in [-0.2, -0.15) is 0 Å². The topological polar surface area (TPSA) is 13.1 Å². The monoisotopic (exact) mass is 682 g/mol. The Morgan fingerprint density at radius 1 is 0.340 bits per heavy atom. The molecular weight excluding hydrogens is 641 g/mol. The first kappa shape index (κ1) is 21.4. The van der Waals surface area contributed by atoms with E-state index in [1.807, 2.05) is 66.7 Å². The van der Waals surface area contributed by atoms with Crippen LogP contribution in [-0.2, 0) is 0 Å². The molecule has 0 radical (unpaired) electrons. The highest BCUT2D eigenvalue weighted by atomic mass is 16.3. The van der Waals surface area contributed by atoms with Crippen molar-refractivity contribution >= 4 is 65.0 Å². The van der Waals surface area contributed by atoms with E-state index >= 15 is 0 Å². The number of furan rings is 1. The highest BCUT2D eigenvalue weighted by molar-refractivity contribution is 6.23. The lowest BCUT2D eigenvalue weighted by atomic mass is 9.85. The maximum absolute atomic E-state index is 8.90. The summed E-state index contributed by atoms with van der Waals surface area (Å²) in [5, 5.41) is 9.36. The van der Waals surface area contributed by atoms with Crippen molar-refractivity contribution in [2.24, 2.45) is 0 Å². The average molecular weight is 683 g/mol. The third-order valence-electron chi connectivity index (χ3n) is 10.4. The summed E-state index contributed by atoms with van der Waals surface area (Å²) >= 11 is 0. The van der Waals surface area contributed by atoms with E-state index in [9.17, 15) is 0 Å². The Morgan fingerprint density at radius 2 is 0.906 bits per heavy atom. The fourth-order valence-corrected chi connectivity index (χ4v) is 8.17. The van der Waals surface area contributed by atoms with Crippen LogP contribution in [0.4, 0.5) is 0 Å². The predicted molar refractivity (Wildman–Crippen MR) is 225 cm³/mol. The number of rotatable bonds is 4. The van der Waals surface area contributed by atoms with Gasteiger partial charge in [0.05, 0.1) is 13.7 Å². The molecule has 11 aromatic rings. The number of hydrogen-bond donors (Lipinski definition) is 0. The molecular formula is C52H32O. The van der Waals surface area contributed by atoms with E-state index < -0.39 is 12.1 Å². The van der Waals surface area contributed by atoms with Crippen molar-refractivity contribution in [1.29, 1.82) is 0 Å². The van der Waals surface area contributed by atoms with E-state index in [4.69, 9.17) is 18.1 Å². The quantitative estimate of drug-likeness (QED) is 0.133. The Morgan fingerprint density at radius 3 is 1.62 bits per heavy atom. The summed E-state index contributed by atoms with van der Waals surface area (Å²) in [6, 6.07) is 40.8. The summed E-state index contributed by atoms with van der Waals surface area (Å²) in [5.74, 6) is 0. The van der Waals surface area contributed by atoms with Crippen LogP contribution >= 0.6 is 0 Å². The van der Waals surface area contributed by atoms with Gasteiger partial charge in [0.25, 0.3) is 0 Å². The molecule has 1 heteroatoms. The molecule has 0 amide bonds. The van der Waals surface area contributed by atoms with Gasteiger partial charge in [-0.15, -0.1) is 0 Å². The molecule has 0 atom stereocenters. The molecule has 0 unspecified atom stereocenters. The molecule has 0 saturated heterocycles. The lowest BCUT2D eigenvalue weighted by Gasteiger charge is -2.18. The zero-order valence-electron chi connectivity index (χ0n) is 38.1. The molecule has 0 spiro atoms. The first-order valence-corrected chi connectivity index (χ1v) is 17.4. The Hall–Kier alpha value is -6.96. The Balaban J connectivity index is 1.07. The van der Waals surface area contributed by atoms with Gasteiger partial charge in [-0.25, -0.2) is 0 Å². The summed E-state index contributed by atoms with van der Waals surface area (Å²) in [6.07, 6.45) is 0. The predicted octanol–water partition coefficient (Wildman–Crippen LogP) is 14.9. The van der Waals surface area contributed by atoms with E-state index in [1.54, 1.807) is 12.1 Å². The van der Waals surface area contributed by atoms with Crippen molar-refractivity contribution in [3.05, 3.63) is 194 Å². The molecule has 0 aliphatic heterocycles. The smallest absolute Gasteiger partial charge is 0.136 e. The lowest BCUT2D eigenvalue weighted by Crippen LogP contribution is -1.91. The molecule has 0 bridgehead atoms. The Bertz CT molecular complexity index is 3700. The van der Waals surface area contributed by atoms with Crippen LogP contribution in [0.1, 0.15) is 13.7 Å². The molecule has 0 N–H and O–H groups in total. The number of fused-ring (bicyclic) bond motifs is 8. The molecule has 11 rings (SSSR count). The molecule has 53 heavy (non-hydrogen) atoms. The van der Waals surface area contributed by atoms with Gasteiger partial charge in [0.2, 0.25) is 0 Å². The maximum atomic E-state index is 8.90. The molecule has 1 heterocycles. The number of hydrogen-bond acceptors (Lipinski definition) is 1. The minimum atomic E-state index is -0.434. The van der Waals surface area contributed by atoms with Gasteiger partial charge >= 0.3 is 0 Å². The highest BCUT2D eigenvalue weighted by Gasteiger charge is 2.18. The van der Waals surface area contributed by atoms with Crippen LogP contribution in [0.15, 0.2) is 198 Å². The standard InChI is InChI=1S/C52H32O/c1-3-13-33(14-4-1)35-25-30-47-49(32-35)53-48-24-12-23-42(52(47)48)40-22-11-21-39-38-28-27-37(31-36(38)26-29-41(39)40)51-45-19-9-7-17-43(45)50(34-15-5-2-6-16-34)44-18-8-10-20-46(44)51/h1-32H/i1D,2D,3D,4D,5D,6D,13D,14D,15D,16D. The van der Waals surface area contributed by atoms with E-state index in [0.29, 0.717) is 22.3 Å². The van der Waals surface area contributed by atoms with E-state index in [0.717, 1.165) is 76.1 Å². The van der Waals surface area contributed by atoms with Crippen molar-refractivity contribution in [2.75, 3.05) is 0 Å². The van der Waals surface area contributed by atoms with Crippen LogP contribution < -0.4 is 0 Å². The number of benzene rings is 10. The SMILES string of the molecule is [2H]c1c([2H])c([2H])c(-c2ccc3c(c2)oc2cccc(-c4cccc5c4ccc4cc(-c6c7ccccc7c(-c7c([2H])c([2H])c([2H])c([2H])c7[2H])c7ccccc67)ccc45)c23)c([2H])c1[2H]. The van der Waals surface area contributed by atoms with Crippen LogP contribution in [-0.4, -0.2) is 0 Å². The first-order chi connectivity index (χ1) is 30.4.